The van der Waals surface area contributed by atoms with Crippen molar-refractivity contribution in [3.8, 4) is 0 Å². The normalized spacial score (nSPS) is 13.0. The van der Waals surface area contributed by atoms with Crippen LogP contribution in [0.3, 0.4) is 0 Å². The van der Waals surface area contributed by atoms with E-state index in [1.165, 1.54) is 19.1 Å². The quantitative estimate of drug-likeness (QED) is 0.531. The van der Waals surface area contributed by atoms with E-state index < -0.39 is 39.7 Å². The highest BCUT2D eigenvalue weighted by Crippen LogP contribution is 2.13. The van der Waals surface area contributed by atoms with Gasteiger partial charge in [0, 0.05) is 13.3 Å². The van der Waals surface area contributed by atoms with Crippen molar-refractivity contribution in [2.45, 2.75) is 36.7 Å². The van der Waals surface area contributed by atoms with Crippen LogP contribution in [-0.4, -0.2) is 51.1 Å². The van der Waals surface area contributed by atoms with Crippen molar-refractivity contribution in [1.82, 2.24) is 10.6 Å². The maximum absolute atomic E-state index is 12.8. The summed E-state index contributed by atoms with van der Waals surface area (Å²) < 4.78 is 29.8. The molecular weight excluding hydrogens is 420 g/mol. The number of hydrogen-bond acceptors (Lipinski definition) is 6. The lowest BCUT2D eigenvalue weighted by Crippen LogP contribution is -2.52. The van der Waals surface area contributed by atoms with E-state index in [2.05, 4.69) is 10.6 Å². The minimum absolute atomic E-state index is 0.130. The van der Waals surface area contributed by atoms with Crippen molar-refractivity contribution in [1.29, 1.82) is 0 Å². The second-order valence-electron chi connectivity index (χ2n) is 6.95. The number of amides is 2. The van der Waals surface area contributed by atoms with Crippen LogP contribution < -0.4 is 10.6 Å². The summed E-state index contributed by atoms with van der Waals surface area (Å²) in [6.45, 7) is 1.29. The summed E-state index contributed by atoms with van der Waals surface area (Å²) in [5.74, 6) is -2.14. The summed E-state index contributed by atoms with van der Waals surface area (Å²) in [6, 6.07) is 14.8. The second kappa shape index (κ2) is 11.3. The third-order valence-corrected chi connectivity index (χ3v) is 6.32. The molecule has 0 saturated carbocycles. The lowest BCUT2D eigenvalue weighted by Gasteiger charge is -2.22. The first-order chi connectivity index (χ1) is 14.7. The summed E-state index contributed by atoms with van der Waals surface area (Å²) >= 11 is 0. The molecule has 0 aliphatic heterocycles. The first-order valence-electron chi connectivity index (χ1n) is 9.70. The van der Waals surface area contributed by atoms with Crippen LogP contribution in [0.15, 0.2) is 65.6 Å². The van der Waals surface area contributed by atoms with Gasteiger partial charge in [-0.25, -0.2) is 13.2 Å². The fraction of sp³-hybridized carbons (Fsp3) is 0.318. The monoisotopic (exact) mass is 446 g/mol. The van der Waals surface area contributed by atoms with Crippen LogP contribution in [0.4, 0.5) is 0 Å². The Morgan fingerprint density at radius 2 is 1.48 bits per heavy atom. The predicted octanol–water partition coefficient (Wildman–Crippen LogP) is 1.26. The largest absolute Gasteiger partial charge is 0.467 e. The molecule has 0 bridgehead atoms. The number of carbonyl (C=O) groups excluding carboxylic acids is 3. The van der Waals surface area contributed by atoms with Gasteiger partial charge in [-0.3, -0.25) is 9.59 Å². The van der Waals surface area contributed by atoms with E-state index in [4.69, 9.17) is 4.74 Å². The zero-order valence-corrected chi connectivity index (χ0v) is 18.2. The van der Waals surface area contributed by atoms with E-state index >= 15 is 0 Å². The van der Waals surface area contributed by atoms with Gasteiger partial charge in [-0.2, -0.15) is 0 Å². The summed E-state index contributed by atoms with van der Waals surface area (Å²) in [5.41, 5.74) is 0.817. The highest BCUT2D eigenvalue weighted by molar-refractivity contribution is 7.91. The Kier molecular flexibility index (Phi) is 8.75. The van der Waals surface area contributed by atoms with Crippen LogP contribution >= 0.6 is 0 Å². The highest BCUT2D eigenvalue weighted by atomic mass is 32.2. The Labute approximate surface area is 181 Å². The molecule has 0 aliphatic rings. The van der Waals surface area contributed by atoms with Gasteiger partial charge >= 0.3 is 5.97 Å². The molecule has 2 amide bonds. The molecule has 8 nitrogen and oxygen atoms in total. The van der Waals surface area contributed by atoms with E-state index in [1.807, 2.05) is 30.3 Å². The molecule has 2 N–H and O–H groups in total. The van der Waals surface area contributed by atoms with Crippen molar-refractivity contribution in [2.75, 3.05) is 12.9 Å². The van der Waals surface area contributed by atoms with Crippen molar-refractivity contribution in [2.24, 2.45) is 0 Å². The fourth-order valence-corrected chi connectivity index (χ4v) is 4.34. The van der Waals surface area contributed by atoms with Crippen LogP contribution in [0.25, 0.3) is 0 Å². The van der Waals surface area contributed by atoms with Crippen LogP contribution in [0.1, 0.15) is 18.9 Å². The molecule has 9 heteroatoms. The van der Waals surface area contributed by atoms with E-state index in [9.17, 15) is 22.8 Å². The highest BCUT2D eigenvalue weighted by Gasteiger charge is 2.28. The molecule has 2 aromatic carbocycles. The summed E-state index contributed by atoms with van der Waals surface area (Å²) in [4.78, 5) is 36.7. The molecule has 2 aromatic rings. The summed E-state index contributed by atoms with van der Waals surface area (Å²) in [6.07, 6.45) is 0.0379. The van der Waals surface area contributed by atoms with Gasteiger partial charge in [0.25, 0.3) is 0 Å². The van der Waals surface area contributed by atoms with Crippen molar-refractivity contribution in [3.63, 3.8) is 0 Å². The molecule has 0 aliphatic carbocycles. The molecule has 0 fully saturated rings. The molecular formula is C22H26N2O6S. The van der Waals surface area contributed by atoms with Gasteiger partial charge in [-0.1, -0.05) is 48.5 Å². The Balaban J connectivity index is 2.12. The zero-order valence-electron chi connectivity index (χ0n) is 17.4. The number of methoxy groups -OCH3 is 1. The zero-order chi connectivity index (χ0) is 22.9. The summed E-state index contributed by atoms with van der Waals surface area (Å²) in [7, 11) is -2.49. The average molecular weight is 447 g/mol. The Morgan fingerprint density at radius 3 is 2.03 bits per heavy atom. The molecule has 0 spiro atoms. The van der Waals surface area contributed by atoms with Crippen molar-refractivity contribution < 1.29 is 27.5 Å². The van der Waals surface area contributed by atoms with E-state index in [0.29, 0.717) is 0 Å². The number of sulfone groups is 1. The third-order valence-electron chi connectivity index (χ3n) is 4.56. The van der Waals surface area contributed by atoms with Crippen LogP contribution in [0.5, 0.6) is 0 Å². The van der Waals surface area contributed by atoms with Crippen molar-refractivity contribution in [3.05, 3.63) is 66.2 Å². The molecule has 0 unspecified atom stereocenters. The third kappa shape index (κ3) is 7.53. The number of hydrogen-bond donors (Lipinski definition) is 2. The molecule has 2 atom stereocenters. The Hall–Kier alpha value is -3.20. The predicted molar refractivity (Wildman–Crippen MR) is 115 cm³/mol. The SMILES string of the molecule is COC(=O)[C@@H](CCS(=O)(=O)c1ccccc1)NC(=O)[C@@H](Cc1ccccc1)NC(C)=O. The van der Waals surface area contributed by atoms with Crippen LogP contribution in [-0.2, 0) is 35.4 Å². The molecule has 0 saturated heterocycles. The Morgan fingerprint density at radius 1 is 0.903 bits per heavy atom. The molecule has 0 radical (unpaired) electrons. The van der Waals surface area contributed by atoms with E-state index in [1.54, 1.807) is 18.2 Å². The number of rotatable bonds is 10. The molecule has 0 aromatic heterocycles. The second-order valence-corrected chi connectivity index (χ2v) is 9.06. The average Bonchev–Trinajstić information content (AvgIpc) is 2.76. The Bertz CT molecular complexity index is 993. The standard InChI is InChI=1S/C22H26N2O6S/c1-16(25)23-20(15-17-9-5-3-6-10-17)21(26)24-19(22(27)30-2)13-14-31(28,29)18-11-7-4-8-12-18/h3-12,19-20H,13-15H2,1-2H3,(H,23,25)(H,24,26)/t19-,20-/m1/s1. The minimum Gasteiger partial charge on any atom is -0.467 e. The first kappa shape index (κ1) is 24.1. The van der Waals surface area contributed by atoms with Gasteiger partial charge in [0.05, 0.1) is 17.8 Å². The number of carbonyl (C=O) groups is 3. The maximum Gasteiger partial charge on any atom is 0.328 e. The van der Waals surface area contributed by atoms with Crippen LogP contribution in [0.2, 0.25) is 0 Å². The van der Waals surface area contributed by atoms with Gasteiger partial charge in [0.2, 0.25) is 11.8 Å². The van der Waals surface area contributed by atoms with Gasteiger partial charge in [-0.15, -0.1) is 0 Å². The molecule has 166 valence electrons. The fourth-order valence-electron chi connectivity index (χ4n) is 2.99. The van der Waals surface area contributed by atoms with Crippen molar-refractivity contribution >= 4 is 27.6 Å². The maximum atomic E-state index is 12.8. The van der Waals surface area contributed by atoms with E-state index in [-0.39, 0.29) is 23.5 Å². The molecule has 31 heavy (non-hydrogen) atoms. The number of esters is 1. The van der Waals surface area contributed by atoms with E-state index in [0.717, 1.165) is 12.7 Å². The number of benzene rings is 2. The number of ether oxygens (including phenoxy) is 1. The first-order valence-corrected chi connectivity index (χ1v) is 11.3. The number of nitrogens with one attached hydrogen (secondary N) is 2. The smallest absolute Gasteiger partial charge is 0.328 e. The van der Waals surface area contributed by atoms with Gasteiger partial charge in [-0.05, 0) is 24.1 Å². The topological polar surface area (TPSA) is 119 Å². The van der Waals surface area contributed by atoms with Gasteiger partial charge in [0.1, 0.15) is 12.1 Å². The minimum atomic E-state index is -3.65. The lowest BCUT2D eigenvalue weighted by atomic mass is 10.0. The summed E-state index contributed by atoms with van der Waals surface area (Å²) in [5, 5.41) is 5.09. The van der Waals surface area contributed by atoms with Gasteiger partial charge < -0.3 is 15.4 Å². The van der Waals surface area contributed by atoms with Gasteiger partial charge in [0.15, 0.2) is 9.84 Å². The molecule has 2 rings (SSSR count). The van der Waals surface area contributed by atoms with Crippen LogP contribution in [0, 0.1) is 0 Å². The molecule has 0 heterocycles. The lowest BCUT2D eigenvalue weighted by molar-refractivity contribution is -0.145.